The van der Waals surface area contributed by atoms with Crippen molar-refractivity contribution in [3.63, 3.8) is 0 Å². The zero-order valence-electron chi connectivity index (χ0n) is 49.6. The molecule has 2 heteroatoms. The largest absolute Gasteiger partial charge is 0.152 e. The van der Waals surface area contributed by atoms with Crippen LogP contribution in [0.15, 0.2) is 192 Å². The van der Waals surface area contributed by atoms with E-state index < -0.39 is 0 Å². The van der Waals surface area contributed by atoms with Crippen molar-refractivity contribution in [3.8, 4) is 44.5 Å². The van der Waals surface area contributed by atoms with E-state index in [4.69, 9.17) is 0 Å². The number of hydrogen-bond donors (Lipinski definition) is 0. The maximum atomic E-state index is 2.39. The molecule has 76 heavy (non-hydrogen) atoms. The topological polar surface area (TPSA) is 0 Å². The Kier molecular flexibility index (Phi) is 17.7. The van der Waals surface area contributed by atoms with Gasteiger partial charge in [0.05, 0.1) is 0 Å². The molecule has 0 heterocycles. The SMILES string of the molecule is CC(C)(C)c1cccc(-c2ccc(CSCc3ccc(-c4cc(C(C)(C)C)cc(C(C)(C)C)c4)cc3)cc2)c1.CC(C)(C)c1cccc(-c2ccc(Sc3ccc(-c4cc(C(C)(C)C)cc(C(C)(C)C)c4)cc3)cc2)c1. The molecule has 0 fully saturated rings. The fourth-order valence-electron chi connectivity index (χ4n) is 9.09. The minimum Gasteiger partial charge on any atom is -0.152 e. The summed E-state index contributed by atoms with van der Waals surface area (Å²) in [5.41, 5.74) is 22.2. The van der Waals surface area contributed by atoms with Gasteiger partial charge >= 0.3 is 0 Å². The summed E-state index contributed by atoms with van der Waals surface area (Å²) in [7, 11) is 0. The molecule has 0 amide bonds. The molecule has 0 spiro atoms. The first-order valence-electron chi connectivity index (χ1n) is 27.6. The normalized spacial score (nSPS) is 12.6. The summed E-state index contributed by atoms with van der Waals surface area (Å²) in [4.78, 5) is 2.52. The molecule has 0 atom stereocenters. The summed E-state index contributed by atoms with van der Waals surface area (Å²) in [6.07, 6.45) is 0. The highest BCUT2D eigenvalue weighted by molar-refractivity contribution is 7.99. The van der Waals surface area contributed by atoms with Crippen LogP contribution in [0.25, 0.3) is 44.5 Å². The van der Waals surface area contributed by atoms with Gasteiger partial charge in [0.15, 0.2) is 0 Å². The zero-order chi connectivity index (χ0) is 55.4. The molecular formula is C74H88S2. The molecule has 0 radical (unpaired) electrons. The van der Waals surface area contributed by atoms with E-state index in [0.717, 1.165) is 11.5 Å². The maximum absolute atomic E-state index is 2.39. The summed E-state index contributed by atoms with van der Waals surface area (Å²) in [5, 5.41) is 0. The second-order valence-corrected chi connectivity index (χ2v) is 29.4. The van der Waals surface area contributed by atoms with E-state index in [1.54, 1.807) is 0 Å². The lowest BCUT2D eigenvalue weighted by atomic mass is 9.79. The summed E-state index contributed by atoms with van der Waals surface area (Å²) < 4.78 is 0. The Morgan fingerprint density at radius 3 is 0.763 bits per heavy atom. The Hall–Kier alpha value is -5.54. The zero-order valence-corrected chi connectivity index (χ0v) is 51.2. The molecule has 0 N–H and O–H groups in total. The van der Waals surface area contributed by atoms with Gasteiger partial charge in [-0.1, -0.05) is 294 Å². The second-order valence-electron chi connectivity index (χ2n) is 27.3. The van der Waals surface area contributed by atoms with Gasteiger partial charge in [0.2, 0.25) is 0 Å². The number of hydrogen-bond acceptors (Lipinski definition) is 2. The quantitative estimate of drug-likeness (QED) is 0.134. The van der Waals surface area contributed by atoms with Gasteiger partial charge in [-0.25, -0.2) is 0 Å². The highest BCUT2D eigenvalue weighted by Gasteiger charge is 2.23. The minimum absolute atomic E-state index is 0.117. The van der Waals surface area contributed by atoms with E-state index in [-0.39, 0.29) is 32.5 Å². The summed E-state index contributed by atoms with van der Waals surface area (Å²) >= 11 is 3.80. The highest BCUT2D eigenvalue weighted by atomic mass is 32.2. The monoisotopic (exact) mass is 1040 g/mol. The van der Waals surface area contributed by atoms with Crippen LogP contribution in [0.5, 0.6) is 0 Å². The first-order valence-corrected chi connectivity index (χ1v) is 29.6. The molecule has 0 aliphatic rings. The molecule has 8 aromatic rings. The first-order chi connectivity index (χ1) is 35.4. The summed E-state index contributed by atoms with van der Waals surface area (Å²) in [5.74, 6) is 2.04. The van der Waals surface area contributed by atoms with E-state index in [1.165, 1.54) is 98.8 Å². The number of thioether (sulfide) groups is 1. The predicted molar refractivity (Wildman–Crippen MR) is 339 cm³/mol. The van der Waals surface area contributed by atoms with Gasteiger partial charge in [0.25, 0.3) is 0 Å². The molecule has 0 aliphatic heterocycles. The molecule has 8 aromatic carbocycles. The average Bonchev–Trinajstić information content (AvgIpc) is 3.36. The van der Waals surface area contributed by atoms with Crippen molar-refractivity contribution in [2.75, 3.05) is 0 Å². The summed E-state index contributed by atoms with van der Waals surface area (Å²) in [6.45, 7) is 41.2. The Balaban J connectivity index is 0.000000221. The van der Waals surface area contributed by atoms with Gasteiger partial charge in [0, 0.05) is 21.3 Å². The number of rotatable bonds is 10. The smallest absolute Gasteiger partial charge is 0.0187 e. The molecule has 0 bridgehead atoms. The van der Waals surface area contributed by atoms with Gasteiger partial charge in [-0.3, -0.25) is 0 Å². The average molecular weight is 1040 g/mol. The fraction of sp³-hybridized carbons (Fsp3) is 0.351. The Morgan fingerprint density at radius 1 is 0.237 bits per heavy atom. The van der Waals surface area contributed by atoms with E-state index in [2.05, 4.69) is 307 Å². The van der Waals surface area contributed by atoms with Gasteiger partial charge in [-0.15, -0.1) is 0 Å². The first kappa shape index (κ1) is 58.1. The van der Waals surface area contributed by atoms with E-state index in [0.29, 0.717) is 0 Å². The highest BCUT2D eigenvalue weighted by Crippen LogP contribution is 2.38. The van der Waals surface area contributed by atoms with Crippen LogP contribution in [0.2, 0.25) is 0 Å². The van der Waals surface area contributed by atoms with Crippen LogP contribution in [0.3, 0.4) is 0 Å². The fourth-order valence-corrected chi connectivity index (χ4v) is 10.9. The van der Waals surface area contributed by atoms with Crippen LogP contribution < -0.4 is 0 Å². The Bertz CT molecular complexity index is 3110. The van der Waals surface area contributed by atoms with Crippen molar-refractivity contribution in [2.24, 2.45) is 0 Å². The van der Waals surface area contributed by atoms with Crippen molar-refractivity contribution in [1.82, 2.24) is 0 Å². The van der Waals surface area contributed by atoms with Crippen molar-refractivity contribution in [2.45, 2.75) is 178 Å². The van der Waals surface area contributed by atoms with Crippen LogP contribution in [0.1, 0.15) is 169 Å². The second kappa shape index (κ2) is 23.2. The third kappa shape index (κ3) is 15.8. The maximum Gasteiger partial charge on any atom is 0.0187 e. The van der Waals surface area contributed by atoms with Crippen LogP contribution in [0.4, 0.5) is 0 Å². The van der Waals surface area contributed by atoms with Gasteiger partial charge in [0.1, 0.15) is 0 Å². The van der Waals surface area contributed by atoms with Gasteiger partial charge in [-0.05, 0) is 146 Å². The van der Waals surface area contributed by atoms with Crippen LogP contribution >= 0.6 is 23.5 Å². The van der Waals surface area contributed by atoms with E-state index in [1.807, 2.05) is 23.5 Å². The van der Waals surface area contributed by atoms with Crippen molar-refractivity contribution in [3.05, 3.63) is 226 Å². The van der Waals surface area contributed by atoms with E-state index >= 15 is 0 Å². The molecule has 8 rings (SSSR count). The molecule has 0 saturated carbocycles. The van der Waals surface area contributed by atoms with Crippen molar-refractivity contribution in [1.29, 1.82) is 0 Å². The van der Waals surface area contributed by atoms with Crippen LogP contribution in [-0.4, -0.2) is 0 Å². The lowest BCUT2D eigenvalue weighted by Gasteiger charge is -2.26. The molecule has 0 aromatic heterocycles. The molecule has 396 valence electrons. The van der Waals surface area contributed by atoms with Crippen molar-refractivity contribution >= 4 is 23.5 Å². The van der Waals surface area contributed by atoms with Gasteiger partial charge in [-0.2, -0.15) is 11.8 Å². The third-order valence-electron chi connectivity index (χ3n) is 14.5. The standard InChI is InChI=1S/C38H46S.C36H42S/c1-36(2,3)33-12-10-11-31(21-33)29-17-13-27(14-18-29)25-39-26-28-15-19-30(20-16-28)32-22-34(37(4,5)6)24-35(23-32)38(7,8)9;1-34(2,3)29-12-10-11-27(21-29)25-13-17-32(18-14-25)37-33-19-15-26(16-20-33)28-22-30(35(4,5)6)24-31(23-28)36(7,8)9/h10-24H,25-26H2,1-9H3;10-24H,1-9H3. The molecule has 0 nitrogen and oxygen atoms in total. The lowest BCUT2D eigenvalue weighted by Crippen LogP contribution is -2.16. The molecule has 0 unspecified atom stereocenters. The Morgan fingerprint density at radius 2 is 0.487 bits per heavy atom. The molecule has 0 aliphatic carbocycles. The van der Waals surface area contributed by atoms with Crippen LogP contribution in [0, 0.1) is 0 Å². The minimum atomic E-state index is 0.117. The van der Waals surface area contributed by atoms with Crippen LogP contribution in [-0.2, 0) is 44.0 Å². The van der Waals surface area contributed by atoms with Gasteiger partial charge < -0.3 is 0 Å². The van der Waals surface area contributed by atoms with Crippen molar-refractivity contribution < 1.29 is 0 Å². The molecular weight excluding hydrogens is 953 g/mol. The summed E-state index contributed by atoms with van der Waals surface area (Å²) in [6, 6.07) is 68.4. The van der Waals surface area contributed by atoms with E-state index in [9.17, 15) is 0 Å². The lowest BCUT2D eigenvalue weighted by molar-refractivity contribution is 0.568. The Labute approximate surface area is 470 Å². The molecule has 0 saturated heterocycles. The number of benzene rings is 8. The predicted octanol–water partition coefficient (Wildman–Crippen LogP) is 22.4. The third-order valence-corrected chi connectivity index (χ3v) is 16.6.